The standard InChI is InChI=1S/C27H29N5O2/c1-19(33)28-21-8-12-23(13-9-21)34-27-24-4-3-5-25(24)29-26(30-27)18-20-6-10-22(11-7-20)32-16-14-31(2)15-17-32/h3-4,6-13H,5,14-18H2,1-2H3,(H,28,33). The van der Waals surface area contributed by atoms with Crippen molar-refractivity contribution < 1.29 is 9.53 Å². The molecule has 0 spiro atoms. The van der Waals surface area contributed by atoms with E-state index in [9.17, 15) is 4.79 Å². The number of carbonyl (C=O) groups excluding carboxylic acids is 1. The Hall–Kier alpha value is -3.71. The predicted octanol–water partition coefficient (Wildman–Crippen LogP) is 4.14. The van der Waals surface area contributed by atoms with E-state index in [-0.39, 0.29) is 5.91 Å². The second-order valence-corrected chi connectivity index (χ2v) is 8.85. The van der Waals surface area contributed by atoms with Crippen LogP contribution in [0.25, 0.3) is 6.08 Å². The third kappa shape index (κ3) is 5.10. The van der Waals surface area contributed by atoms with Crippen LogP contribution in [0.5, 0.6) is 11.6 Å². The number of aromatic nitrogens is 2. The Kier molecular flexibility index (Phi) is 6.27. The van der Waals surface area contributed by atoms with Crippen molar-refractivity contribution in [1.82, 2.24) is 14.9 Å². The minimum absolute atomic E-state index is 0.103. The van der Waals surface area contributed by atoms with Gasteiger partial charge in [-0.3, -0.25) is 4.79 Å². The molecule has 0 saturated carbocycles. The number of hydrogen-bond acceptors (Lipinski definition) is 6. The summed E-state index contributed by atoms with van der Waals surface area (Å²) in [7, 11) is 2.17. The Morgan fingerprint density at radius 3 is 2.44 bits per heavy atom. The van der Waals surface area contributed by atoms with Crippen molar-refractivity contribution in [1.29, 1.82) is 0 Å². The maximum atomic E-state index is 11.2. The van der Waals surface area contributed by atoms with Crippen molar-refractivity contribution in [2.75, 3.05) is 43.4 Å². The molecular formula is C27H29N5O2. The van der Waals surface area contributed by atoms with Gasteiger partial charge in [-0.15, -0.1) is 0 Å². The molecule has 34 heavy (non-hydrogen) atoms. The van der Waals surface area contributed by atoms with E-state index in [1.54, 1.807) is 0 Å². The number of benzene rings is 2. The average molecular weight is 456 g/mol. The third-order valence-corrected chi connectivity index (χ3v) is 6.19. The average Bonchev–Trinajstić information content (AvgIpc) is 3.30. The van der Waals surface area contributed by atoms with Gasteiger partial charge in [-0.25, -0.2) is 4.98 Å². The van der Waals surface area contributed by atoms with Gasteiger partial charge in [-0.05, 0) is 49.0 Å². The molecule has 1 fully saturated rings. The number of ether oxygens (including phenoxy) is 1. The first kappa shape index (κ1) is 22.1. The van der Waals surface area contributed by atoms with Crippen molar-refractivity contribution in [3.05, 3.63) is 77.3 Å². The summed E-state index contributed by atoms with van der Waals surface area (Å²) in [6.45, 7) is 5.80. The Labute approximate surface area is 200 Å². The topological polar surface area (TPSA) is 70.6 Å². The molecule has 7 nitrogen and oxygen atoms in total. The minimum atomic E-state index is -0.103. The molecule has 0 unspecified atom stereocenters. The number of amides is 1. The summed E-state index contributed by atoms with van der Waals surface area (Å²) >= 11 is 0. The monoisotopic (exact) mass is 455 g/mol. The maximum absolute atomic E-state index is 11.2. The molecule has 1 aliphatic carbocycles. The first-order valence-corrected chi connectivity index (χ1v) is 11.7. The van der Waals surface area contributed by atoms with Gasteiger partial charge in [0.05, 0.1) is 11.3 Å². The van der Waals surface area contributed by atoms with Crippen LogP contribution in [0.1, 0.15) is 29.6 Å². The Morgan fingerprint density at radius 2 is 1.74 bits per heavy atom. The van der Waals surface area contributed by atoms with Crippen molar-refractivity contribution in [3.63, 3.8) is 0 Å². The van der Waals surface area contributed by atoms with Gasteiger partial charge in [0.15, 0.2) is 0 Å². The molecule has 2 heterocycles. The SMILES string of the molecule is CC(=O)Nc1ccc(Oc2nc(Cc3ccc(N4CCN(C)CC4)cc3)nc3c2C=CC3)cc1. The lowest BCUT2D eigenvalue weighted by molar-refractivity contribution is -0.114. The molecule has 1 N–H and O–H groups in total. The number of likely N-dealkylation sites (N-methyl/N-ethyl adjacent to an activating group) is 1. The highest BCUT2D eigenvalue weighted by atomic mass is 16.5. The summed E-state index contributed by atoms with van der Waals surface area (Å²) in [6, 6.07) is 16.0. The summed E-state index contributed by atoms with van der Waals surface area (Å²) in [5.41, 5.74) is 5.09. The van der Waals surface area contributed by atoms with E-state index >= 15 is 0 Å². The van der Waals surface area contributed by atoms with Gasteiger partial charge in [-0.2, -0.15) is 4.98 Å². The van der Waals surface area contributed by atoms with Crippen molar-refractivity contribution >= 4 is 23.4 Å². The number of nitrogens with zero attached hydrogens (tertiary/aromatic N) is 4. The van der Waals surface area contributed by atoms with Gasteiger partial charge in [-0.1, -0.05) is 24.3 Å². The molecule has 0 bridgehead atoms. The molecule has 2 aromatic carbocycles. The molecule has 3 aromatic rings. The van der Waals surface area contributed by atoms with Gasteiger partial charge < -0.3 is 19.9 Å². The summed E-state index contributed by atoms with van der Waals surface area (Å²) in [5.74, 6) is 1.88. The largest absolute Gasteiger partial charge is 0.438 e. The molecule has 1 aromatic heterocycles. The van der Waals surface area contributed by atoms with E-state index < -0.39 is 0 Å². The van der Waals surface area contributed by atoms with E-state index in [1.165, 1.54) is 18.2 Å². The number of fused-ring (bicyclic) bond motifs is 1. The zero-order valence-electron chi connectivity index (χ0n) is 19.6. The lowest BCUT2D eigenvalue weighted by Crippen LogP contribution is -2.44. The molecular weight excluding hydrogens is 426 g/mol. The molecule has 7 heteroatoms. The van der Waals surface area contributed by atoms with E-state index in [0.717, 1.165) is 55.4 Å². The summed E-state index contributed by atoms with van der Waals surface area (Å²) in [5, 5.41) is 2.76. The van der Waals surface area contributed by atoms with Crippen molar-refractivity contribution in [2.45, 2.75) is 19.8 Å². The summed E-state index contributed by atoms with van der Waals surface area (Å²) in [6.07, 6.45) is 5.53. The van der Waals surface area contributed by atoms with Gasteiger partial charge in [0.2, 0.25) is 11.8 Å². The predicted molar refractivity (Wildman–Crippen MR) is 135 cm³/mol. The second kappa shape index (κ2) is 9.65. The lowest BCUT2D eigenvalue weighted by Gasteiger charge is -2.34. The highest BCUT2D eigenvalue weighted by Gasteiger charge is 2.18. The summed E-state index contributed by atoms with van der Waals surface area (Å²) < 4.78 is 6.14. The number of anilines is 2. The van der Waals surface area contributed by atoms with Crippen LogP contribution in [0.4, 0.5) is 11.4 Å². The van der Waals surface area contributed by atoms with Crippen LogP contribution in [0.3, 0.4) is 0 Å². The zero-order valence-corrected chi connectivity index (χ0v) is 19.6. The number of allylic oxidation sites excluding steroid dienone is 1. The van der Waals surface area contributed by atoms with Gasteiger partial charge in [0, 0.05) is 57.3 Å². The number of rotatable bonds is 6. The second-order valence-electron chi connectivity index (χ2n) is 8.85. The van der Waals surface area contributed by atoms with Crippen molar-refractivity contribution in [3.8, 4) is 11.6 Å². The smallest absolute Gasteiger partial charge is 0.230 e. The van der Waals surface area contributed by atoms with Crippen LogP contribution in [-0.4, -0.2) is 54.0 Å². The molecule has 0 radical (unpaired) electrons. The number of hydrogen-bond donors (Lipinski definition) is 1. The molecule has 0 atom stereocenters. The maximum Gasteiger partial charge on any atom is 0.230 e. The van der Waals surface area contributed by atoms with Gasteiger partial charge in [0.25, 0.3) is 0 Å². The van der Waals surface area contributed by atoms with Crippen LogP contribution >= 0.6 is 0 Å². The molecule has 1 aliphatic heterocycles. The molecule has 1 saturated heterocycles. The normalized spacial score (nSPS) is 15.3. The highest BCUT2D eigenvalue weighted by molar-refractivity contribution is 5.88. The first-order chi connectivity index (χ1) is 16.5. The van der Waals surface area contributed by atoms with Crippen LogP contribution in [0.2, 0.25) is 0 Å². The van der Waals surface area contributed by atoms with Crippen LogP contribution in [-0.2, 0) is 17.6 Å². The van der Waals surface area contributed by atoms with Crippen LogP contribution in [0, 0.1) is 0 Å². The van der Waals surface area contributed by atoms with E-state index in [4.69, 9.17) is 14.7 Å². The zero-order chi connectivity index (χ0) is 23.5. The number of nitrogens with one attached hydrogen (secondary N) is 1. The minimum Gasteiger partial charge on any atom is -0.438 e. The Morgan fingerprint density at radius 1 is 1.00 bits per heavy atom. The van der Waals surface area contributed by atoms with E-state index in [2.05, 4.69) is 52.5 Å². The van der Waals surface area contributed by atoms with E-state index in [0.29, 0.717) is 18.1 Å². The van der Waals surface area contributed by atoms with Crippen molar-refractivity contribution in [2.24, 2.45) is 0 Å². The molecule has 5 rings (SSSR count). The first-order valence-electron chi connectivity index (χ1n) is 11.7. The molecule has 1 amide bonds. The third-order valence-electron chi connectivity index (χ3n) is 6.19. The quantitative estimate of drug-likeness (QED) is 0.603. The van der Waals surface area contributed by atoms with Crippen LogP contribution in [0.15, 0.2) is 54.6 Å². The van der Waals surface area contributed by atoms with Gasteiger partial charge in [0.1, 0.15) is 11.6 Å². The molecule has 174 valence electrons. The lowest BCUT2D eigenvalue weighted by atomic mass is 10.1. The van der Waals surface area contributed by atoms with Crippen LogP contribution < -0.4 is 15.0 Å². The van der Waals surface area contributed by atoms with Gasteiger partial charge >= 0.3 is 0 Å². The Bertz CT molecular complexity index is 1200. The fourth-order valence-corrected chi connectivity index (χ4v) is 4.30. The van der Waals surface area contributed by atoms with E-state index in [1.807, 2.05) is 30.3 Å². The summed E-state index contributed by atoms with van der Waals surface area (Å²) in [4.78, 5) is 25.6. The number of carbonyl (C=O) groups is 1. The fourth-order valence-electron chi connectivity index (χ4n) is 4.30. The number of piperazine rings is 1. The Balaban J connectivity index is 1.31. The fraction of sp³-hybridized carbons (Fsp3) is 0.296. The highest BCUT2D eigenvalue weighted by Crippen LogP contribution is 2.31. The molecule has 2 aliphatic rings.